The number of hydrogen-bond donors (Lipinski definition) is 1. The molecule has 2 aromatic carbocycles. The van der Waals surface area contributed by atoms with Crippen LogP contribution in [-0.2, 0) is 10.2 Å². The normalized spacial score (nSPS) is 22.8. The van der Waals surface area contributed by atoms with Crippen LogP contribution < -0.4 is 0 Å². The minimum Gasteiger partial charge on any atom is -0.481 e. The minimum absolute atomic E-state index is 0.149. The lowest BCUT2D eigenvalue weighted by molar-refractivity contribution is -0.146. The Morgan fingerprint density at radius 3 is 2.32 bits per heavy atom. The van der Waals surface area contributed by atoms with Crippen LogP contribution in [0.25, 0.3) is 0 Å². The summed E-state index contributed by atoms with van der Waals surface area (Å²) in [7, 11) is 0. The number of hydrogen-bond acceptors (Lipinski definition) is 2. The first-order valence-electron chi connectivity index (χ1n) is 8.19. The minimum atomic E-state index is -1.26. The van der Waals surface area contributed by atoms with Crippen LogP contribution in [0.2, 0.25) is 5.02 Å². The molecule has 1 N–H and O–H groups in total. The molecule has 0 radical (unpaired) electrons. The summed E-state index contributed by atoms with van der Waals surface area (Å²) in [5, 5.41) is 10.7. The number of nitrogens with zero attached hydrogens (tertiary/aromatic N) is 1. The highest BCUT2D eigenvalue weighted by Gasteiger charge is 2.54. The highest BCUT2D eigenvalue weighted by molar-refractivity contribution is 6.30. The molecule has 0 saturated carbocycles. The van der Waals surface area contributed by atoms with Crippen LogP contribution in [0.4, 0.5) is 0 Å². The van der Waals surface area contributed by atoms with Crippen LogP contribution in [0.1, 0.15) is 48.3 Å². The Kier molecular flexibility index (Phi) is 4.33. The van der Waals surface area contributed by atoms with Gasteiger partial charge in [0.1, 0.15) is 5.41 Å². The summed E-state index contributed by atoms with van der Waals surface area (Å²) in [5.74, 6) is -1.11. The summed E-state index contributed by atoms with van der Waals surface area (Å²) in [4.78, 5) is 27.2. The van der Waals surface area contributed by atoms with Gasteiger partial charge in [-0.25, -0.2) is 0 Å². The topological polar surface area (TPSA) is 57.6 Å². The lowest BCUT2D eigenvalue weighted by Gasteiger charge is -2.48. The van der Waals surface area contributed by atoms with Crippen molar-refractivity contribution < 1.29 is 14.7 Å². The zero-order chi connectivity index (χ0) is 18.4. The molecular formula is C20H20ClNO3. The van der Waals surface area contributed by atoms with Crippen LogP contribution in [0.3, 0.4) is 0 Å². The highest BCUT2D eigenvalue weighted by Crippen LogP contribution is 2.48. The number of halogens is 1. The molecule has 0 unspecified atom stereocenters. The van der Waals surface area contributed by atoms with E-state index in [1.54, 1.807) is 60.4 Å². The number of carboxylic acid groups (broad SMARTS) is 1. The third kappa shape index (κ3) is 2.61. The first-order valence-corrected chi connectivity index (χ1v) is 8.57. The molecule has 0 aliphatic carbocycles. The number of aliphatic carboxylic acids is 1. The first-order chi connectivity index (χ1) is 11.8. The molecule has 2 aromatic rings. The lowest BCUT2D eigenvalue weighted by atomic mass is 9.68. The maximum atomic E-state index is 13.1. The molecule has 1 aliphatic heterocycles. The van der Waals surface area contributed by atoms with Gasteiger partial charge in [-0.3, -0.25) is 9.59 Å². The second-order valence-electron chi connectivity index (χ2n) is 6.81. The molecule has 130 valence electrons. The van der Waals surface area contributed by atoms with Crippen LogP contribution in [-0.4, -0.2) is 27.9 Å². The van der Waals surface area contributed by atoms with E-state index in [9.17, 15) is 14.7 Å². The summed E-state index contributed by atoms with van der Waals surface area (Å²) in [6, 6.07) is 13.2. The van der Waals surface area contributed by atoms with Crippen molar-refractivity contribution in [2.45, 2.75) is 38.3 Å². The van der Waals surface area contributed by atoms with Gasteiger partial charge in [-0.1, -0.05) is 41.9 Å². The van der Waals surface area contributed by atoms with Crippen LogP contribution >= 0.6 is 11.6 Å². The van der Waals surface area contributed by atoms with Crippen LogP contribution in [0, 0.1) is 0 Å². The molecule has 1 amide bonds. The molecule has 0 fully saturated rings. The van der Waals surface area contributed by atoms with E-state index in [0.29, 0.717) is 16.1 Å². The monoisotopic (exact) mass is 357 g/mol. The summed E-state index contributed by atoms with van der Waals surface area (Å²) in [6.07, 6.45) is 0. The molecule has 25 heavy (non-hydrogen) atoms. The number of carbonyl (C=O) groups excluding carboxylic acids is 1. The van der Waals surface area contributed by atoms with Crippen molar-refractivity contribution in [3.8, 4) is 0 Å². The first kappa shape index (κ1) is 17.5. The van der Waals surface area contributed by atoms with Crippen molar-refractivity contribution in [3.05, 3.63) is 70.2 Å². The van der Waals surface area contributed by atoms with E-state index >= 15 is 0 Å². The predicted molar refractivity (Wildman–Crippen MR) is 96.9 cm³/mol. The van der Waals surface area contributed by atoms with Crippen molar-refractivity contribution in [2.75, 3.05) is 0 Å². The van der Waals surface area contributed by atoms with E-state index in [4.69, 9.17) is 11.6 Å². The smallest absolute Gasteiger partial charge is 0.316 e. The van der Waals surface area contributed by atoms with Gasteiger partial charge < -0.3 is 10.0 Å². The van der Waals surface area contributed by atoms with Gasteiger partial charge in [0.15, 0.2) is 0 Å². The van der Waals surface area contributed by atoms with Crippen LogP contribution in [0.5, 0.6) is 0 Å². The maximum Gasteiger partial charge on any atom is 0.316 e. The van der Waals surface area contributed by atoms with E-state index in [-0.39, 0.29) is 11.9 Å². The molecule has 4 nitrogen and oxygen atoms in total. The standard InChI is InChI=1S/C20H20ClNO3/c1-12(2)22-17(13-8-10-14(21)11-9-13)20(3,19(24)25)16-7-5-4-6-15(16)18(22)23/h4-12,17H,1-3H3,(H,24,25)/t17-,20-/m1/s1. The van der Waals surface area contributed by atoms with Crippen molar-refractivity contribution >= 4 is 23.5 Å². The second-order valence-corrected chi connectivity index (χ2v) is 7.25. The molecule has 0 saturated heterocycles. The van der Waals surface area contributed by atoms with Crippen molar-refractivity contribution in [3.63, 3.8) is 0 Å². The quantitative estimate of drug-likeness (QED) is 0.891. The molecule has 0 bridgehead atoms. The van der Waals surface area contributed by atoms with Gasteiger partial charge >= 0.3 is 5.97 Å². The molecule has 1 aliphatic rings. The summed E-state index contributed by atoms with van der Waals surface area (Å²) >= 11 is 6.00. The number of carbonyl (C=O) groups is 2. The molecule has 1 heterocycles. The average Bonchev–Trinajstić information content (AvgIpc) is 2.58. The van der Waals surface area contributed by atoms with Crippen molar-refractivity contribution in [1.29, 1.82) is 0 Å². The Bertz CT molecular complexity index is 831. The molecule has 5 heteroatoms. The van der Waals surface area contributed by atoms with Gasteiger partial charge in [-0.2, -0.15) is 0 Å². The van der Waals surface area contributed by atoms with E-state index in [1.165, 1.54) is 0 Å². The van der Waals surface area contributed by atoms with Gasteiger partial charge in [-0.15, -0.1) is 0 Å². The number of carboxylic acids is 1. The third-order valence-corrected chi connectivity index (χ3v) is 5.21. The fourth-order valence-electron chi connectivity index (χ4n) is 3.71. The maximum absolute atomic E-state index is 13.1. The third-order valence-electron chi connectivity index (χ3n) is 4.96. The second kappa shape index (κ2) is 6.19. The van der Waals surface area contributed by atoms with Gasteiger partial charge in [0, 0.05) is 16.6 Å². The zero-order valence-electron chi connectivity index (χ0n) is 14.4. The summed E-state index contributed by atoms with van der Waals surface area (Å²) < 4.78 is 0. The molecule has 0 spiro atoms. The van der Waals surface area contributed by atoms with Gasteiger partial charge in [-0.05, 0) is 50.1 Å². The van der Waals surface area contributed by atoms with Gasteiger partial charge in [0.25, 0.3) is 5.91 Å². The van der Waals surface area contributed by atoms with E-state index < -0.39 is 17.4 Å². The summed E-state index contributed by atoms with van der Waals surface area (Å²) in [6.45, 7) is 5.49. The highest BCUT2D eigenvalue weighted by atomic mass is 35.5. The average molecular weight is 358 g/mol. The Labute approximate surface area is 152 Å². The number of fused-ring (bicyclic) bond motifs is 1. The fourth-order valence-corrected chi connectivity index (χ4v) is 3.83. The van der Waals surface area contributed by atoms with E-state index in [2.05, 4.69) is 0 Å². The number of benzene rings is 2. The SMILES string of the molecule is CC(C)N1C(=O)c2ccccc2[C@@](C)(C(=O)O)[C@H]1c1ccc(Cl)cc1. The Morgan fingerprint density at radius 2 is 1.76 bits per heavy atom. The van der Waals surface area contributed by atoms with Crippen molar-refractivity contribution in [2.24, 2.45) is 0 Å². The lowest BCUT2D eigenvalue weighted by Crippen LogP contribution is -2.56. The van der Waals surface area contributed by atoms with E-state index in [1.807, 2.05) is 13.8 Å². The molecule has 3 rings (SSSR count). The predicted octanol–water partition coefficient (Wildman–Crippen LogP) is 4.29. The zero-order valence-corrected chi connectivity index (χ0v) is 15.1. The Hall–Kier alpha value is -2.33. The van der Waals surface area contributed by atoms with Gasteiger partial charge in [0.05, 0.1) is 6.04 Å². The number of rotatable bonds is 3. The molecule has 2 atom stereocenters. The van der Waals surface area contributed by atoms with Crippen molar-refractivity contribution in [1.82, 2.24) is 4.90 Å². The fraction of sp³-hybridized carbons (Fsp3) is 0.300. The molecule has 0 aromatic heterocycles. The molecular weight excluding hydrogens is 338 g/mol. The summed E-state index contributed by atoms with van der Waals surface area (Å²) in [5.41, 5.74) is 0.490. The Balaban J connectivity index is 2.33. The van der Waals surface area contributed by atoms with Crippen LogP contribution in [0.15, 0.2) is 48.5 Å². The van der Waals surface area contributed by atoms with Gasteiger partial charge in [0.2, 0.25) is 0 Å². The number of amides is 1. The largest absolute Gasteiger partial charge is 0.481 e. The van der Waals surface area contributed by atoms with E-state index in [0.717, 1.165) is 5.56 Å². The Morgan fingerprint density at radius 1 is 1.16 bits per heavy atom.